The van der Waals surface area contributed by atoms with Crippen LogP contribution in [0.4, 0.5) is 17.2 Å². The predicted octanol–water partition coefficient (Wildman–Crippen LogP) is 3.45. The molecule has 3 N–H and O–H groups in total. The lowest BCUT2D eigenvalue weighted by Gasteiger charge is -2.13. The summed E-state index contributed by atoms with van der Waals surface area (Å²) >= 11 is 0. The molecule has 0 bridgehead atoms. The number of aromatic nitrogens is 5. The number of nitrogens with one attached hydrogen (secondary N) is 2. The van der Waals surface area contributed by atoms with E-state index >= 15 is 0 Å². The number of carbonyl (C=O) groups is 1. The summed E-state index contributed by atoms with van der Waals surface area (Å²) in [7, 11) is 0. The van der Waals surface area contributed by atoms with Crippen LogP contribution in [0.15, 0.2) is 67.4 Å². The van der Waals surface area contributed by atoms with Crippen LogP contribution in [-0.2, 0) is 4.79 Å². The Kier molecular flexibility index (Phi) is 5.90. The summed E-state index contributed by atoms with van der Waals surface area (Å²) in [5, 5.41) is 19.5. The van der Waals surface area contributed by atoms with E-state index in [-0.39, 0.29) is 6.61 Å². The van der Waals surface area contributed by atoms with E-state index in [1.165, 1.54) is 12.7 Å². The third-order valence-corrected chi connectivity index (χ3v) is 5.09. The summed E-state index contributed by atoms with van der Waals surface area (Å²) in [5.74, 6) is 6.06. The highest BCUT2D eigenvalue weighted by molar-refractivity contribution is 6.05. The maximum atomic E-state index is 11.9. The van der Waals surface area contributed by atoms with Crippen molar-refractivity contribution < 1.29 is 14.6 Å². The number of amides is 1. The van der Waals surface area contributed by atoms with Crippen molar-refractivity contribution in [1.82, 2.24) is 24.6 Å². The molecule has 5 rings (SSSR count). The predicted molar refractivity (Wildman–Crippen MR) is 131 cm³/mol. The van der Waals surface area contributed by atoms with Gasteiger partial charge in [0.05, 0.1) is 5.52 Å². The molecule has 0 fully saturated rings. The molecule has 0 atom stereocenters. The van der Waals surface area contributed by atoms with Crippen molar-refractivity contribution in [1.29, 1.82) is 0 Å². The van der Waals surface area contributed by atoms with E-state index in [0.29, 0.717) is 34.2 Å². The van der Waals surface area contributed by atoms with Crippen molar-refractivity contribution in [2.24, 2.45) is 0 Å². The van der Waals surface area contributed by atoms with Crippen LogP contribution in [0.25, 0.3) is 16.6 Å². The quantitative estimate of drug-likeness (QED) is 0.337. The monoisotopic (exact) mass is 465 g/mol. The van der Waals surface area contributed by atoms with E-state index in [1.807, 2.05) is 37.3 Å². The van der Waals surface area contributed by atoms with Gasteiger partial charge in [0.1, 0.15) is 36.6 Å². The Hall–Kier alpha value is -5.01. The van der Waals surface area contributed by atoms with Crippen LogP contribution < -0.4 is 15.4 Å². The van der Waals surface area contributed by atoms with Gasteiger partial charge in [0.25, 0.3) is 5.91 Å². The van der Waals surface area contributed by atoms with Gasteiger partial charge in [0.2, 0.25) is 0 Å². The molecule has 1 amide bonds. The third kappa shape index (κ3) is 4.85. The fourth-order valence-electron chi connectivity index (χ4n) is 3.48. The molecule has 0 spiro atoms. The zero-order chi connectivity index (χ0) is 24.2. The fraction of sp³-hybridized carbons (Fsp3) is 0.0800. The second-order valence-electron chi connectivity index (χ2n) is 7.50. The number of hydrogen-bond acceptors (Lipinski definition) is 8. The molecule has 2 aromatic carbocycles. The first-order chi connectivity index (χ1) is 17.1. The van der Waals surface area contributed by atoms with Crippen molar-refractivity contribution in [2.45, 2.75) is 6.92 Å². The molecule has 0 aliphatic heterocycles. The molecule has 10 heteroatoms. The number of aliphatic hydroxyl groups is 1. The zero-order valence-corrected chi connectivity index (χ0v) is 18.6. The maximum absolute atomic E-state index is 11.9. The SMILES string of the molecule is Cc1cc(Nc2ncnc3ccc(NC(=O)C#CCO)cc23)ccc1Oc1ccn2ncnc2c1. The summed E-state index contributed by atoms with van der Waals surface area (Å²) in [5.41, 5.74) is 3.68. The number of rotatable bonds is 5. The number of aryl methyl sites for hydroxylation is 1. The van der Waals surface area contributed by atoms with Gasteiger partial charge in [-0.1, -0.05) is 5.92 Å². The van der Waals surface area contributed by atoms with Crippen molar-refractivity contribution in [3.63, 3.8) is 0 Å². The number of benzene rings is 2. The number of carbonyl (C=O) groups excluding carboxylic acids is 1. The van der Waals surface area contributed by atoms with Crippen LogP contribution in [0.5, 0.6) is 11.5 Å². The zero-order valence-electron chi connectivity index (χ0n) is 18.6. The van der Waals surface area contributed by atoms with Crippen LogP contribution in [0, 0.1) is 18.8 Å². The molecule has 0 aliphatic carbocycles. The van der Waals surface area contributed by atoms with Gasteiger partial charge in [0, 0.05) is 29.0 Å². The van der Waals surface area contributed by atoms with E-state index in [2.05, 4.69) is 42.5 Å². The number of nitrogens with zero attached hydrogens (tertiary/aromatic N) is 5. The summed E-state index contributed by atoms with van der Waals surface area (Å²) < 4.78 is 7.71. The Labute approximate surface area is 199 Å². The Morgan fingerprint density at radius 3 is 2.80 bits per heavy atom. The number of aliphatic hydroxyl groups excluding tert-OH is 1. The number of fused-ring (bicyclic) bond motifs is 2. The largest absolute Gasteiger partial charge is 0.457 e. The van der Waals surface area contributed by atoms with Crippen molar-refractivity contribution in [3.8, 4) is 23.3 Å². The van der Waals surface area contributed by atoms with Gasteiger partial charge in [-0.2, -0.15) is 5.10 Å². The number of hydrogen-bond donors (Lipinski definition) is 3. The summed E-state index contributed by atoms with van der Waals surface area (Å²) in [6.45, 7) is 1.57. The molecule has 0 saturated carbocycles. The van der Waals surface area contributed by atoms with Crippen LogP contribution in [0.1, 0.15) is 5.56 Å². The third-order valence-electron chi connectivity index (χ3n) is 5.09. The minimum atomic E-state index is -0.515. The van der Waals surface area contributed by atoms with E-state index in [4.69, 9.17) is 9.84 Å². The van der Waals surface area contributed by atoms with Gasteiger partial charge in [-0.25, -0.2) is 19.5 Å². The molecule has 0 unspecified atom stereocenters. The van der Waals surface area contributed by atoms with Crippen LogP contribution in [-0.4, -0.2) is 42.2 Å². The number of pyridine rings is 1. The van der Waals surface area contributed by atoms with Gasteiger partial charge < -0.3 is 20.5 Å². The molecule has 0 saturated heterocycles. The van der Waals surface area contributed by atoms with Crippen molar-refractivity contribution in [2.75, 3.05) is 17.2 Å². The van der Waals surface area contributed by atoms with Gasteiger partial charge in [-0.05, 0) is 60.9 Å². The van der Waals surface area contributed by atoms with E-state index in [9.17, 15) is 4.79 Å². The lowest BCUT2D eigenvalue weighted by atomic mass is 10.1. The van der Waals surface area contributed by atoms with Crippen LogP contribution >= 0.6 is 0 Å². The van der Waals surface area contributed by atoms with E-state index in [1.54, 1.807) is 28.9 Å². The van der Waals surface area contributed by atoms with Crippen LogP contribution in [0.2, 0.25) is 0 Å². The number of ether oxygens (including phenoxy) is 1. The molecule has 10 nitrogen and oxygen atoms in total. The lowest BCUT2D eigenvalue weighted by Crippen LogP contribution is -2.08. The van der Waals surface area contributed by atoms with Crippen molar-refractivity contribution in [3.05, 3.63) is 72.9 Å². The summed E-state index contributed by atoms with van der Waals surface area (Å²) in [4.78, 5) is 24.7. The smallest absolute Gasteiger partial charge is 0.300 e. The molecule has 5 aromatic rings. The van der Waals surface area contributed by atoms with Crippen LogP contribution in [0.3, 0.4) is 0 Å². The molecule has 172 valence electrons. The molecule has 35 heavy (non-hydrogen) atoms. The molecule has 3 aromatic heterocycles. The number of anilines is 3. The highest BCUT2D eigenvalue weighted by atomic mass is 16.5. The Balaban J connectivity index is 1.37. The summed E-state index contributed by atoms with van der Waals surface area (Å²) in [6, 6.07) is 14.6. The normalized spacial score (nSPS) is 10.6. The maximum Gasteiger partial charge on any atom is 0.300 e. The topological polar surface area (TPSA) is 127 Å². The highest BCUT2D eigenvalue weighted by Crippen LogP contribution is 2.30. The fourth-order valence-corrected chi connectivity index (χ4v) is 3.48. The van der Waals surface area contributed by atoms with Crippen molar-refractivity contribution >= 4 is 39.6 Å². The van der Waals surface area contributed by atoms with Gasteiger partial charge in [-0.3, -0.25) is 4.79 Å². The van der Waals surface area contributed by atoms with E-state index < -0.39 is 5.91 Å². The lowest BCUT2D eigenvalue weighted by molar-refractivity contribution is -0.111. The summed E-state index contributed by atoms with van der Waals surface area (Å²) in [6.07, 6.45) is 4.75. The first-order valence-electron chi connectivity index (χ1n) is 10.6. The van der Waals surface area contributed by atoms with Gasteiger partial charge in [0.15, 0.2) is 5.65 Å². The standard InChI is InChI=1S/C25H19N7O3/c1-16-11-17(5-7-22(16)35-19-8-9-32-23(13-19)27-15-29-32)31-25-20-12-18(30-24(34)3-2-10-33)4-6-21(20)26-14-28-25/h4-9,11-15,33H,10H2,1H3,(H,30,34)(H,26,28,31). The average molecular weight is 465 g/mol. The minimum absolute atomic E-state index is 0.381. The van der Waals surface area contributed by atoms with Gasteiger partial charge >= 0.3 is 0 Å². The first kappa shape index (κ1) is 21.8. The highest BCUT2D eigenvalue weighted by Gasteiger charge is 2.09. The molecule has 3 heterocycles. The Morgan fingerprint density at radius 2 is 1.94 bits per heavy atom. The Morgan fingerprint density at radius 1 is 1.06 bits per heavy atom. The molecular weight excluding hydrogens is 446 g/mol. The second kappa shape index (κ2) is 9.46. The molecule has 0 aliphatic rings. The average Bonchev–Trinajstić information content (AvgIpc) is 3.33. The minimum Gasteiger partial charge on any atom is -0.457 e. The first-order valence-corrected chi connectivity index (χ1v) is 10.6. The second-order valence-corrected chi connectivity index (χ2v) is 7.50. The Bertz CT molecular complexity index is 1620. The molecular formula is C25H19N7O3. The van der Waals surface area contributed by atoms with E-state index in [0.717, 1.165) is 16.6 Å². The van der Waals surface area contributed by atoms with Gasteiger partial charge in [-0.15, -0.1) is 0 Å². The molecule has 0 radical (unpaired) electrons.